The third-order valence-electron chi connectivity index (χ3n) is 8.57. The second kappa shape index (κ2) is 10.3. The van der Waals surface area contributed by atoms with Crippen molar-refractivity contribution in [2.45, 2.75) is 43.5 Å². The highest BCUT2D eigenvalue weighted by Gasteiger charge is 2.60. The Bertz CT molecular complexity index is 1610. The van der Waals surface area contributed by atoms with E-state index in [-0.39, 0.29) is 24.2 Å². The molecule has 0 saturated heterocycles. The van der Waals surface area contributed by atoms with Gasteiger partial charge < -0.3 is 5.32 Å². The summed E-state index contributed by atoms with van der Waals surface area (Å²) in [5.41, 5.74) is 3.77. The molecular weight excluding hydrogens is 526 g/mol. The molecule has 210 valence electrons. The van der Waals surface area contributed by atoms with Crippen LogP contribution in [0.3, 0.4) is 0 Å². The molecule has 3 aromatic rings. The Labute approximate surface area is 235 Å². The van der Waals surface area contributed by atoms with Crippen molar-refractivity contribution in [3.8, 4) is 11.1 Å². The zero-order valence-corrected chi connectivity index (χ0v) is 24.2. The van der Waals surface area contributed by atoms with Gasteiger partial charge in [0.15, 0.2) is 11.4 Å². The maximum atomic E-state index is 14.7. The molecule has 5 rings (SSSR count). The highest BCUT2D eigenvalue weighted by atomic mass is 32.2. The fourth-order valence-electron chi connectivity index (χ4n) is 6.60. The zero-order valence-electron chi connectivity index (χ0n) is 23.4. The van der Waals surface area contributed by atoms with Gasteiger partial charge in [0.1, 0.15) is 0 Å². The molecule has 0 aliphatic heterocycles. The molecular formula is C31H35N3O5S. The van der Waals surface area contributed by atoms with Crippen molar-refractivity contribution in [2.24, 2.45) is 0 Å². The van der Waals surface area contributed by atoms with E-state index in [9.17, 15) is 18.0 Å². The number of rotatable bonds is 8. The number of carbonyl (C=O) groups is 2. The first-order chi connectivity index (χ1) is 19.1. The lowest BCUT2D eigenvalue weighted by Gasteiger charge is -2.47. The molecule has 0 aromatic heterocycles. The molecule has 0 bridgehead atoms. The van der Waals surface area contributed by atoms with Crippen LogP contribution in [0.1, 0.15) is 57.6 Å². The van der Waals surface area contributed by atoms with Gasteiger partial charge in [-0.2, -0.15) is 8.42 Å². The number of nitrogens with one attached hydrogen (secondary N) is 3. The number of hydrogen-bond acceptors (Lipinski definition) is 8. The van der Waals surface area contributed by atoms with Gasteiger partial charge in [0.25, 0.3) is 10.1 Å². The Hall–Kier alpha value is -3.21. The van der Waals surface area contributed by atoms with Crippen molar-refractivity contribution in [1.29, 1.82) is 0 Å². The van der Waals surface area contributed by atoms with Gasteiger partial charge in [0.05, 0.1) is 18.3 Å². The molecule has 40 heavy (non-hydrogen) atoms. The van der Waals surface area contributed by atoms with Crippen LogP contribution in [0, 0.1) is 0 Å². The van der Waals surface area contributed by atoms with Crippen LogP contribution in [0.5, 0.6) is 0 Å². The summed E-state index contributed by atoms with van der Waals surface area (Å²) in [6.07, 6.45) is 2.10. The first kappa shape index (κ1) is 28.3. The van der Waals surface area contributed by atoms with Gasteiger partial charge in [-0.15, -0.1) is 0 Å². The van der Waals surface area contributed by atoms with Gasteiger partial charge in [-0.25, -0.2) is 0 Å². The number of benzene rings is 3. The summed E-state index contributed by atoms with van der Waals surface area (Å²) in [7, 11) is 1.47. The van der Waals surface area contributed by atoms with Crippen LogP contribution in [0.15, 0.2) is 60.7 Å². The molecule has 0 spiro atoms. The van der Waals surface area contributed by atoms with Gasteiger partial charge in [-0.05, 0) is 72.9 Å². The zero-order chi connectivity index (χ0) is 28.9. The predicted molar refractivity (Wildman–Crippen MR) is 155 cm³/mol. The number of fused-ring (bicyclic) bond motifs is 5. The summed E-state index contributed by atoms with van der Waals surface area (Å²) in [4.78, 5) is 29.2. The largest absolute Gasteiger partial charge is 0.313 e. The molecule has 3 N–H and O–H groups in total. The van der Waals surface area contributed by atoms with E-state index in [1.54, 1.807) is 26.2 Å². The Balaban J connectivity index is 1.84. The molecule has 2 atom stereocenters. The van der Waals surface area contributed by atoms with Crippen molar-refractivity contribution in [3.05, 3.63) is 94.0 Å². The number of likely N-dealkylation sites (N-methyl/N-ethyl adjacent to an activating group) is 3. The Morgan fingerprint density at radius 1 is 0.950 bits per heavy atom. The third-order valence-corrected chi connectivity index (χ3v) is 9.12. The van der Waals surface area contributed by atoms with Gasteiger partial charge in [0.2, 0.25) is 5.78 Å². The summed E-state index contributed by atoms with van der Waals surface area (Å²) < 4.78 is 28.4. The molecule has 8 nitrogen and oxygen atoms in total. The number of carbonyl (C=O) groups excluding carboxylic acids is 2. The van der Waals surface area contributed by atoms with Crippen LogP contribution in [0.2, 0.25) is 0 Å². The van der Waals surface area contributed by atoms with E-state index in [0.29, 0.717) is 35.1 Å². The second-order valence-corrected chi connectivity index (χ2v) is 12.1. The van der Waals surface area contributed by atoms with Gasteiger partial charge in [-0.3, -0.25) is 24.4 Å². The maximum Gasteiger partial charge on any atom is 0.264 e. The average Bonchev–Trinajstić information content (AvgIpc) is 2.96. The third kappa shape index (κ3) is 4.15. The molecule has 2 aliphatic carbocycles. The minimum atomic E-state index is -3.66. The van der Waals surface area contributed by atoms with Crippen molar-refractivity contribution in [3.63, 3.8) is 0 Å². The van der Waals surface area contributed by atoms with E-state index in [1.807, 2.05) is 50.4 Å². The van der Waals surface area contributed by atoms with Crippen molar-refractivity contribution in [2.75, 3.05) is 27.4 Å². The molecule has 0 saturated carbocycles. The summed E-state index contributed by atoms with van der Waals surface area (Å²) in [5, 5.41) is 9.52. The molecule has 0 amide bonds. The lowest BCUT2D eigenvalue weighted by molar-refractivity contribution is -0.129. The summed E-state index contributed by atoms with van der Waals surface area (Å²) in [6, 6.07) is 19.3. The minimum Gasteiger partial charge on any atom is -0.313 e. The van der Waals surface area contributed by atoms with E-state index in [1.165, 1.54) is 5.56 Å². The maximum absolute atomic E-state index is 14.7. The highest BCUT2D eigenvalue weighted by Crippen LogP contribution is 2.51. The quantitative estimate of drug-likeness (QED) is 0.218. The monoisotopic (exact) mass is 561 g/mol. The number of ketones is 2. The highest BCUT2D eigenvalue weighted by molar-refractivity contribution is 7.85. The van der Waals surface area contributed by atoms with Crippen LogP contribution < -0.4 is 16.0 Å². The fourth-order valence-corrected chi connectivity index (χ4v) is 6.95. The molecule has 0 radical (unpaired) electrons. The topological polar surface area (TPSA) is 114 Å². The van der Waals surface area contributed by atoms with Crippen LogP contribution in [-0.2, 0) is 37.5 Å². The predicted octanol–water partition coefficient (Wildman–Crippen LogP) is 3.24. The molecule has 2 aliphatic rings. The van der Waals surface area contributed by atoms with E-state index >= 15 is 0 Å². The molecule has 3 aromatic carbocycles. The van der Waals surface area contributed by atoms with E-state index < -0.39 is 21.2 Å². The van der Waals surface area contributed by atoms with Crippen molar-refractivity contribution < 1.29 is 22.2 Å². The Kier molecular flexibility index (Phi) is 7.31. The molecule has 0 heterocycles. The van der Waals surface area contributed by atoms with E-state index in [2.05, 4.69) is 28.1 Å². The summed E-state index contributed by atoms with van der Waals surface area (Å²) >= 11 is 0. The van der Waals surface area contributed by atoms with Gasteiger partial charge in [-0.1, -0.05) is 67.6 Å². The Morgan fingerprint density at radius 3 is 2.33 bits per heavy atom. The van der Waals surface area contributed by atoms with Crippen LogP contribution in [0.4, 0.5) is 0 Å². The average molecular weight is 562 g/mol. The normalized spacial score (nSPS) is 21.5. The summed E-state index contributed by atoms with van der Waals surface area (Å²) in [5.74, 6) is -0.613. The number of Topliss-reactive ketones (excluding diaryl/α,β-unsaturated/α-hetero) is 2. The SMILES string of the molecule is CCC1(c2cccc(COS(C)(=O)=O)c2)C(=O)C(NC)(NC)C(=O)c2c1ccc1c2C(NC)Cc2ccccc2-1. The first-order valence-electron chi connectivity index (χ1n) is 13.4. The van der Waals surface area contributed by atoms with E-state index in [0.717, 1.165) is 22.9 Å². The summed E-state index contributed by atoms with van der Waals surface area (Å²) in [6.45, 7) is 1.79. The second-order valence-electron chi connectivity index (χ2n) is 10.5. The fraction of sp³-hybridized carbons (Fsp3) is 0.355. The lowest BCUT2D eigenvalue weighted by Crippen LogP contribution is -2.72. The van der Waals surface area contributed by atoms with Crippen molar-refractivity contribution >= 4 is 21.7 Å². The first-order valence-corrected chi connectivity index (χ1v) is 15.2. The van der Waals surface area contributed by atoms with Gasteiger partial charge >= 0.3 is 0 Å². The van der Waals surface area contributed by atoms with E-state index in [4.69, 9.17) is 4.18 Å². The van der Waals surface area contributed by atoms with Crippen LogP contribution in [0.25, 0.3) is 11.1 Å². The van der Waals surface area contributed by atoms with Crippen molar-refractivity contribution in [1.82, 2.24) is 16.0 Å². The minimum absolute atomic E-state index is 0.132. The Morgan fingerprint density at radius 2 is 1.68 bits per heavy atom. The molecule has 0 fully saturated rings. The molecule has 2 unspecified atom stereocenters. The van der Waals surface area contributed by atoms with Crippen LogP contribution in [-0.4, -0.2) is 53.0 Å². The molecule has 9 heteroatoms. The lowest BCUT2D eigenvalue weighted by atomic mass is 9.58. The standard InChI is InChI=1S/C31H35N3O5S/c1-6-30(21-12-9-10-19(16-21)18-39-40(5,37)38)24-15-14-23-22-13-8-7-11-20(22)17-25(32-2)26(23)27(24)28(35)31(33-3,34-4)29(30)36/h7-16,25,32-34H,6,17-18H2,1-5H3. The van der Waals surface area contributed by atoms with Gasteiger partial charge in [0, 0.05) is 11.6 Å². The number of hydrogen-bond donors (Lipinski definition) is 3. The smallest absolute Gasteiger partial charge is 0.264 e. The van der Waals surface area contributed by atoms with Crippen LogP contribution >= 0.6 is 0 Å².